The maximum Gasteiger partial charge on any atom is 0.281 e. The van der Waals surface area contributed by atoms with E-state index in [9.17, 15) is 9.59 Å². The minimum absolute atomic E-state index is 0.111. The molecule has 1 aliphatic heterocycles. The van der Waals surface area contributed by atoms with Crippen molar-refractivity contribution in [2.45, 2.75) is 58.2 Å². The Morgan fingerprint density at radius 3 is 2.56 bits per heavy atom. The van der Waals surface area contributed by atoms with Crippen molar-refractivity contribution in [1.82, 2.24) is 4.90 Å². The van der Waals surface area contributed by atoms with Crippen LogP contribution in [0.3, 0.4) is 0 Å². The van der Waals surface area contributed by atoms with Crippen LogP contribution >= 0.6 is 11.6 Å². The molecule has 1 fully saturated rings. The molecule has 0 bridgehead atoms. The second-order valence-electron chi connectivity index (χ2n) is 7.51. The number of nitrogens with one attached hydrogen (secondary N) is 2. The minimum atomic E-state index is -0.292. The van der Waals surface area contributed by atoms with Gasteiger partial charge in [0.25, 0.3) is 11.8 Å². The number of amides is 2. The molecule has 1 aromatic carbocycles. The summed E-state index contributed by atoms with van der Waals surface area (Å²) in [5.41, 5.74) is 0.528. The molecule has 27 heavy (non-hydrogen) atoms. The summed E-state index contributed by atoms with van der Waals surface area (Å²) in [5.74, 6) is 0.471. The van der Waals surface area contributed by atoms with Gasteiger partial charge in [0.05, 0.1) is 19.8 Å². The molecule has 6 nitrogen and oxygen atoms in total. The van der Waals surface area contributed by atoms with Crippen LogP contribution in [0.1, 0.15) is 40.0 Å². The monoisotopic (exact) mass is 396 g/mol. The summed E-state index contributed by atoms with van der Waals surface area (Å²) < 4.78 is 5.25. The lowest BCUT2D eigenvalue weighted by Gasteiger charge is -2.40. The molecular weight excluding hydrogens is 366 g/mol. The number of piperidine rings is 1. The van der Waals surface area contributed by atoms with Crippen LogP contribution in [0.25, 0.3) is 0 Å². The summed E-state index contributed by atoms with van der Waals surface area (Å²) in [6.45, 7) is 6.28. The molecule has 1 aromatic rings. The molecule has 0 aliphatic carbocycles. The van der Waals surface area contributed by atoms with Gasteiger partial charge in [-0.15, -0.1) is 0 Å². The van der Waals surface area contributed by atoms with Gasteiger partial charge in [-0.2, -0.15) is 0 Å². The van der Waals surface area contributed by atoms with E-state index in [1.807, 2.05) is 18.9 Å². The van der Waals surface area contributed by atoms with Crippen LogP contribution in [0.4, 0.5) is 5.69 Å². The van der Waals surface area contributed by atoms with Gasteiger partial charge in [-0.25, -0.2) is 0 Å². The number of carbonyl (C=O) groups excluding carboxylic acids is 2. The Labute approximate surface area is 166 Å². The van der Waals surface area contributed by atoms with Gasteiger partial charge in [-0.3, -0.25) is 9.59 Å². The van der Waals surface area contributed by atoms with Crippen LogP contribution in [-0.4, -0.2) is 55.5 Å². The number of hydrogen-bond donors (Lipinski definition) is 2. The number of carbonyl (C=O) groups is 2. The lowest BCUT2D eigenvalue weighted by Crippen LogP contribution is -3.15. The largest absolute Gasteiger partial charge is 0.495 e. The smallest absolute Gasteiger partial charge is 0.281 e. The number of quaternary nitrogens is 1. The van der Waals surface area contributed by atoms with Gasteiger partial charge in [0, 0.05) is 17.1 Å². The number of nitrogens with zero attached hydrogens (tertiary/aromatic N) is 1. The Morgan fingerprint density at radius 1 is 1.33 bits per heavy atom. The van der Waals surface area contributed by atoms with E-state index in [-0.39, 0.29) is 36.5 Å². The van der Waals surface area contributed by atoms with E-state index in [2.05, 4.69) is 19.2 Å². The van der Waals surface area contributed by atoms with Crippen molar-refractivity contribution in [3.8, 4) is 5.75 Å². The van der Waals surface area contributed by atoms with Crippen molar-refractivity contribution >= 4 is 29.1 Å². The maximum atomic E-state index is 13.0. The summed E-state index contributed by atoms with van der Waals surface area (Å²) in [6.07, 6.45) is 3.24. The quantitative estimate of drug-likeness (QED) is 0.772. The van der Waals surface area contributed by atoms with E-state index in [0.29, 0.717) is 16.5 Å². The van der Waals surface area contributed by atoms with Crippen LogP contribution in [0.15, 0.2) is 18.2 Å². The van der Waals surface area contributed by atoms with E-state index in [0.717, 1.165) is 24.2 Å². The Kier molecular flexibility index (Phi) is 7.50. The minimum Gasteiger partial charge on any atom is -0.495 e. The van der Waals surface area contributed by atoms with Crippen LogP contribution in [0, 0.1) is 0 Å². The lowest BCUT2D eigenvalue weighted by molar-refractivity contribution is -0.886. The molecule has 4 atom stereocenters. The second-order valence-corrected chi connectivity index (χ2v) is 7.95. The van der Waals surface area contributed by atoms with Gasteiger partial charge in [-0.1, -0.05) is 11.6 Å². The summed E-state index contributed by atoms with van der Waals surface area (Å²) in [7, 11) is 3.41. The number of halogens is 1. The van der Waals surface area contributed by atoms with E-state index in [1.165, 1.54) is 7.11 Å². The average molecular weight is 397 g/mol. The highest BCUT2D eigenvalue weighted by Crippen LogP contribution is 2.27. The third-order valence-electron chi connectivity index (χ3n) is 5.43. The first-order chi connectivity index (χ1) is 12.7. The third-order valence-corrected chi connectivity index (χ3v) is 5.67. The molecular formula is C20H31ClN3O3+. The molecule has 7 heteroatoms. The number of likely N-dealkylation sites (tertiary alicyclic amines) is 1. The first kappa shape index (κ1) is 21.5. The number of likely N-dealkylation sites (N-methyl/N-ethyl adjacent to an activating group) is 1. The Bertz CT molecular complexity index is 672. The summed E-state index contributed by atoms with van der Waals surface area (Å²) in [4.78, 5) is 28.3. The highest BCUT2D eigenvalue weighted by molar-refractivity contribution is 6.31. The van der Waals surface area contributed by atoms with Crippen molar-refractivity contribution in [1.29, 1.82) is 0 Å². The van der Waals surface area contributed by atoms with Crippen molar-refractivity contribution in [2.24, 2.45) is 0 Å². The van der Waals surface area contributed by atoms with Gasteiger partial charge in [-0.05, 0) is 58.2 Å². The summed E-state index contributed by atoms with van der Waals surface area (Å²) >= 11 is 6.01. The van der Waals surface area contributed by atoms with Gasteiger partial charge in [0.15, 0.2) is 12.6 Å². The van der Waals surface area contributed by atoms with Crippen molar-refractivity contribution in [3.63, 3.8) is 0 Å². The molecule has 2 rings (SSSR count). The van der Waals surface area contributed by atoms with Crippen molar-refractivity contribution < 1.29 is 19.2 Å². The fraction of sp³-hybridized carbons (Fsp3) is 0.600. The molecule has 0 saturated carbocycles. The van der Waals surface area contributed by atoms with E-state index >= 15 is 0 Å². The second kappa shape index (κ2) is 9.42. The zero-order valence-corrected chi connectivity index (χ0v) is 17.6. The molecule has 2 N–H and O–H groups in total. The number of rotatable bonds is 6. The van der Waals surface area contributed by atoms with E-state index < -0.39 is 0 Å². The molecule has 1 unspecified atom stereocenters. The highest BCUT2D eigenvalue weighted by Gasteiger charge is 2.35. The highest BCUT2D eigenvalue weighted by atomic mass is 35.5. The molecule has 150 valence electrons. The number of anilines is 1. The summed E-state index contributed by atoms with van der Waals surface area (Å²) in [6, 6.07) is 5.27. The topological polar surface area (TPSA) is 63.1 Å². The van der Waals surface area contributed by atoms with Crippen LogP contribution in [0.5, 0.6) is 5.75 Å². The molecule has 1 saturated heterocycles. The Hall–Kier alpha value is -1.79. The number of ether oxygens (including phenoxy) is 1. The van der Waals surface area contributed by atoms with Gasteiger partial charge >= 0.3 is 0 Å². The van der Waals surface area contributed by atoms with Crippen molar-refractivity contribution in [3.05, 3.63) is 23.2 Å². The normalized spacial score (nSPS) is 22.1. The number of methoxy groups -OCH3 is 1. The van der Waals surface area contributed by atoms with Gasteiger partial charge < -0.3 is 19.9 Å². The molecule has 0 radical (unpaired) electrons. The summed E-state index contributed by atoms with van der Waals surface area (Å²) in [5, 5.41) is 3.35. The Balaban J connectivity index is 1.99. The maximum absolute atomic E-state index is 13.0. The van der Waals surface area contributed by atoms with Gasteiger partial charge in [0.2, 0.25) is 0 Å². The van der Waals surface area contributed by atoms with Crippen LogP contribution < -0.4 is 15.0 Å². The standard InChI is InChI=1S/C20H30ClN3O3/c1-13-7-6-8-14(2)24(13)20(26)15(3)23(4)12-19(25)22-17-11-16(21)9-10-18(17)27-5/h9-11,13-15H,6-8,12H2,1-5H3,(H,22,25)/p+1/t13-,14-,15-/m1/s1. The molecule has 0 spiro atoms. The lowest BCUT2D eigenvalue weighted by atomic mass is 9.96. The fourth-order valence-electron chi connectivity index (χ4n) is 3.67. The molecule has 0 aromatic heterocycles. The molecule has 1 aliphatic rings. The third kappa shape index (κ3) is 5.36. The zero-order valence-electron chi connectivity index (χ0n) is 16.8. The molecule has 2 amide bonds. The number of benzene rings is 1. The Morgan fingerprint density at radius 2 is 1.96 bits per heavy atom. The van der Waals surface area contributed by atoms with Crippen molar-refractivity contribution in [2.75, 3.05) is 26.0 Å². The predicted molar refractivity (Wildman–Crippen MR) is 107 cm³/mol. The van der Waals surface area contributed by atoms with Crippen LogP contribution in [0.2, 0.25) is 5.02 Å². The van der Waals surface area contributed by atoms with Gasteiger partial charge in [0.1, 0.15) is 5.75 Å². The van der Waals surface area contributed by atoms with E-state index in [4.69, 9.17) is 16.3 Å². The van der Waals surface area contributed by atoms with Crippen LogP contribution in [-0.2, 0) is 9.59 Å². The number of hydrogen-bond acceptors (Lipinski definition) is 3. The SMILES string of the molecule is COc1ccc(Cl)cc1NC(=O)C[NH+](C)[C@H](C)C(=O)N1[C@H](C)CCC[C@H]1C. The van der Waals surface area contributed by atoms with E-state index in [1.54, 1.807) is 18.2 Å². The average Bonchev–Trinajstić information content (AvgIpc) is 2.60. The zero-order chi connectivity index (χ0) is 20.1. The predicted octanol–water partition coefficient (Wildman–Crippen LogP) is 1.98. The fourth-order valence-corrected chi connectivity index (χ4v) is 3.84. The molecule has 1 heterocycles. The first-order valence-electron chi connectivity index (χ1n) is 9.52. The first-order valence-corrected chi connectivity index (χ1v) is 9.90.